The number of allylic oxidation sites excluding steroid dienone is 4. The normalized spacial score (nSPS) is 12.7. The first-order valence-electron chi connectivity index (χ1n) is 8.78. The summed E-state index contributed by atoms with van der Waals surface area (Å²) in [5, 5.41) is 2.52. The highest BCUT2D eigenvalue weighted by Crippen LogP contribution is 2.47. The molecule has 0 aliphatic rings. The zero-order valence-corrected chi connectivity index (χ0v) is 19.4. The van der Waals surface area contributed by atoms with Crippen molar-refractivity contribution in [1.82, 2.24) is 4.57 Å². The first-order valence-corrected chi connectivity index (χ1v) is 11.2. The Kier molecular flexibility index (Phi) is 5.15. The predicted octanol–water partition coefficient (Wildman–Crippen LogP) is 8.56. The van der Waals surface area contributed by atoms with Crippen LogP contribution in [0.1, 0.15) is 19.4 Å². The Morgan fingerprint density at radius 2 is 1.85 bits per heavy atom. The number of aromatic nitrogens is 1. The van der Waals surface area contributed by atoms with Crippen molar-refractivity contribution in [2.45, 2.75) is 13.8 Å². The predicted molar refractivity (Wildman–Crippen MR) is 128 cm³/mol. The summed E-state index contributed by atoms with van der Waals surface area (Å²) in [5.74, 6) is 0. The van der Waals surface area contributed by atoms with Crippen LogP contribution < -0.4 is 0 Å². The smallest absolute Gasteiger partial charge is 0.0804 e. The lowest BCUT2D eigenvalue weighted by atomic mass is 10.1. The lowest BCUT2D eigenvalue weighted by molar-refractivity contribution is 0.977. The second-order valence-electron chi connectivity index (χ2n) is 6.58. The Balaban J connectivity index is 1.98. The van der Waals surface area contributed by atoms with E-state index in [0.717, 1.165) is 4.47 Å². The number of aryl methyl sites for hydroxylation is 1. The number of rotatable bonds is 3. The Morgan fingerprint density at radius 3 is 2.63 bits per heavy atom. The molecule has 0 spiro atoms. The molecule has 0 fully saturated rings. The zero-order chi connectivity index (χ0) is 19.1. The molecule has 0 N–H and O–H groups in total. The summed E-state index contributed by atoms with van der Waals surface area (Å²) in [7, 11) is 2.15. The van der Waals surface area contributed by atoms with Gasteiger partial charge in [0.2, 0.25) is 0 Å². The summed E-state index contributed by atoms with van der Waals surface area (Å²) in [6, 6.07) is 15.3. The Morgan fingerprint density at radius 1 is 1.07 bits per heavy atom. The number of hydrogen-bond donors (Lipinski definition) is 0. The fourth-order valence-electron chi connectivity index (χ4n) is 3.49. The van der Waals surface area contributed by atoms with Crippen molar-refractivity contribution in [3.63, 3.8) is 0 Å². The van der Waals surface area contributed by atoms with Crippen molar-refractivity contribution >= 4 is 69.8 Å². The van der Waals surface area contributed by atoms with Crippen molar-refractivity contribution in [2.75, 3.05) is 0 Å². The van der Waals surface area contributed by atoms with E-state index in [0.29, 0.717) is 0 Å². The van der Waals surface area contributed by atoms with Gasteiger partial charge in [-0.25, -0.2) is 0 Å². The summed E-state index contributed by atoms with van der Waals surface area (Å²) in [5.41, 5.74) is 6.20. The molecule has 0 aliphatic carbocycles. The highest BCUT2D eigenvalue weighted by atomic mass is 79.9. The van der Waals surface area contributed by atoms with Gasteiger partial charge in [0.05, 0.1) is 19.5 Å². The van der Waals surface area contributed by atoms with Crippen LogP contribution in [0.15, 0.2) is 69.0 Å². The fraction of sp³-hybridized carbons (Fsp3) is 0.130. The quantitative estimate of drug-likeness (QED) is 0.248. The highest BCUT2D eigenvalue weighted by molar-refractivity contribution is 9.11. The van der Waals surface area contributed by atoms with Crippen LogP contribution in [0.5, 0.6) is 0 Å². The second kappa shape index (κ2) is 7.42. The maximum atomic E-state index is 3.88. The van der Waals surface area contributed by atoms with Crippen molar-refractivity contribution < 1.29 is 0 Å². The molecule has 4 rings (SSSR count). The monoisotopic (exact) mass is 499 g/mol. The van der Waals surface area contributed by atoms with Crippen molar-refractivity contribution in [2.24, 2.45) is 7.05 Å². The third-order valence-electron chi connectivity index (χ3n) is 4.92. The molecule has 0 unspecified atom stereocenters. The third kappa shape index (κ3) is 3.14. The van der Waals surface area contributed by atoms with Crippen molar-refractivity contribution in [3.8, 4) is 11.3 Å². The van der Waals surface area contributed by atoms with E-state index in [-0.39, 0.29) is 0 Å². The molecule has 1 nitrogen and oxygen atoms in total. The average molecular weight is 501 g/mol. The molecule has 2 heterocycles. The van der Waals surface area contributed by atoms with Crippen LogP contribution in [0.3, 0.4) is 0 Å². The molecule has 4 aromatic rings. The SMILES string of the molecule is C/C=C\C=C(/C)c1ccc2c(Br)c(-c3c(Br)sc4ccccc34)n(C)c2c1. The van der Waals surface area contributed by atoms with Crippen LogP contribution in [0.4, 0.5) is 0 Å². The minimum absolute atomic E-state index is 1.14. The molecule has 2 aromatic heterocycles. The minimum atomic E-state index is 1.14. The second-order valence-corrected chi connectivity index (χ2v) is 9.74. The third-order valence-corrected chi connectivity index (χ3v) is 7.57. The van der Waals surface area contributed by atoms with Gasteiger partial charge in [0.1, 0.15) is 0 Å². The molecule has 27 heavy (non-hydrogen) atoms. The average Bonchev–Trinajstić information content (AvgIpc) is 3.13. The molecule has 2 aromatic carbocycles. The Labute approximate surface area is 180 Å². The highest BCUT2D eigenvalue weighted by Gasteiger charge is 2.21. The molecular formula is C23H19Br2NS. The van der Waals surface area contributed by atoms with E-state index >= 15 is 0 Å². The van der Waals surface area contributed by atoms with Gasteiger partial charge in [-0.15, -0.1) is 11.3 Å². The van der Waals surface area contributed by atoms with E-state index in [9.17, 15) is 0 Å². The zero-order valence-electron chi connectivity index (χ0n) is 15.4. The van der Waals surface area contributed by atoms with Crippen LogP contribution in [-0.2, 0) is 7.05 Å². The van der Waals surface area contributed by atoms with Gasteiger partial charge >= 0.3 is 0 Å². The molecule has 0 radical (unpaired) electrons. The first-order chi connectivity index (χ1) is 13.0. The van der Waals surface area contributed by atoms with E-state index in [1.54, 1.807) is 11.3 Å². The van der Waals surface area contributed by atoms with E-state index in [4.69, 9.17) is 0 Å². The van der Waals surface area contributed by atoms with Crippen LogP contribution in [-0.4, -0.2) is 4.57 Å². The maximum absolute atomic E-state index is 3.88. The number of hydrogen-bond acceptors (Lipinski definition) is 1. The summed E-state index contributed by atoms with van der Waals surface area (Å²) in [4.78, 5) is 0. The molecule has 0 saturated heterocycles. The van der Waals surface area contributed by atoms with Crippen LogP contribution in [0, 0.1) is 0 Å². The summed E-state index contributed by atoms with van der Waals surface area (Å²) >= 11 is 9.47. The van der Waals surface area contributed by atoms with Gasteiger partial charge in [0.15, 0.2) is 0 Å². The minimum Gasteiger partial charge on any atom is -0.343 e. The lowest BCUT2D eigenvalue weighted by Gasteiger charge is -2.06. The fourth-order valence-corrected chi connectivity index (χ4v) is 6.14. The van der Waals surface area contributed by atoms with Crippen LogP contribution >= 0.6 is 43.2 Å². The van der Waals surface area contributed by atoms with E-state index < -0.39 is 0 Å². The van der Waals surface area contributed by atoms with Gasteiger partial charge in [0.25, 0.3) is 0 Å². The van der Waals surface area contributed by atoms with Crippen LogP contribution in [0.25, 0.3) is 37.8 Å². The van der Waals surface area contributed by atoms with Gasteiger partial charge in [-0.1, -0.05) is 48.6 Å². The first kappa shape index (κ1) is 18.7. The number of benzene rings is 2. The van der Waals surface area contributed by atoms with Crippen molar-refractivity contribution in [1.29, 1.82) is 0 Å². The molecule has 0 bridgehead atoms. The van der Waals surface area contributed by atoms with Crippen LogP contribution in [0.2, 0.25) is 0 Å². The number of halogens is 2. The molecule has 136 valence electrons. The summed E-state index contributed by atoms with van der Waals surface area (Å²) < 4.78 is 5.90. The Bertz CT molecular complexity index is 1220. The van der Waals surface area contributed by atoms with E-state index in [1.807, 2.05) is 6.92 Å². The molecule has 0 atom stereocenters. The van der Waals surface area contributed by atoms with Gasteiger partial charge in [-0.3, -0.25) is 0 Å². The van der Waals surface area contributed by atoms with Crippen molar-refractivity contribution in [3.05, 3.63) is 74.5 Å². The van der Waals surface area contributed by atoms with Gasteiger partial charge in [-0.05, 0) is 69.0 Å². The largest absolute Gasteiger partial charge is 0.343 e. The summed E-state index contributed by atoms with van der Waals surface area (Å²) in [6.45, 7) is 4.19. The molecule has 0 saturated carbocycles. The van der Waals surface area contributed by atoms with Gasteiger partial charge in [0, 0.05) is 28.1 Å². The standard InChI is InChI=1S/C23H19Br2NS/c1-4-5-8-14(2)15-11-12-16-18(13-15)26(3)22(21(16)24)20-17-9-6-7-10-19(17)27-23(20)25/h4-13H,1-3H3/b5-4-,14-8+. The Hall–Kier alpha value is -1.62. The maximum Gasteiger partial charge on any atom is 0.0804 e. The molecule has 4 heteroatoms. The summed E-state index contributed by atoms with van der Waals surface area (Å²) in [6.07, 6.45) is 6.29. The topological polar surface area (TPSA) is 4.93 Å². The number of fused-ring (bicyclic) bond motifs is 2. The lowest BCUT2D eigenvalue weighted by Crippen LogP contribution is -1.92. The molecular weight excluding hydrogens is 482 g/mol. The number of thiophene rings is 1. The number of nitrogens with zero attached hydrogens (tertiary/aromatic N) is 1. The van der Waals surface area contributed by atoms with E-state index in [2.05, 4.69) is 111 Å². The van der Waals surface area contributed by atoms with Gasteiger partial charge < -0.3 is 4.57 Å². The van der Waals surface area contributed by atoms with E-state index in [1.165, 1.54) is 47.2 Å². The molecule has 0 amide bonds. The van der Waals surface area contributed by atoms with Gasteiger partial charge in [-0.2, -0.15) is 0 Å². The molecule has 0 aliphatic heterocycles.